The fourth-order valence-electron chi connectivity index (χ4n) is 4.18. The van der Waals surface area contributed by atoms with Gasteiger partial charge in [0.05, 0.1) is 30.8 Å². The molecule has 0 spiro atoms. The van der Waals surface area contributed by atoms with Crippen LogP contribution in [0.2, 0.25) is 0 Å². The molecule has 3 aromatic carbocycles. The van der Waals surface area contributed by atoms with Crippen molar-refractivity contribution in [2.24, 2.45) is 0 Å². The zero-order valence-corrected chi connectivity index (χ0v) is 18.3. The number of esters is 1. The Morgan fingerprint density at radius 1 is 0.970 bits per heavy atom. The van der Waals surface area contributed by atoms with Gasteiger partial charge in [0.1, 0.15) is 17.3 Å². The number of benzene rings is 3. The molecule has 0 saturated heterocycles. The minimum Gasteiger partial charge on any atom is -0.497 e. The molecule has 2 heterocycles. The standard InChI is InChI=1S/C26H22FN3O3/c1-32-20-11-7-16-4-3-13-30(23(16)15-20)25-24(17-5-9-19(27)10-6-17)28-21-12-8-18(26(31)33-2)14-22(21)29-25/h5-12,14-15H,3-4,13H2,1-2H3. The van der Waals surface area contributed by atoms with Crippen LogP contribution in [0.3, 0.4) is 0 Å². The van der Waals surface area contributed by atoms with Crippen LogP contribution in [-0.4, -0.2) is 36.7 Å². The number of aryl methyl sites for hydroxylation is 1. The Morgan fingerprint density at radius 2 is 1.79 bits per heavy atom. The Balaban J connectivity index is 1.74. The molecule has 7 heteroatoms. The van der Waals surface area contributed by atoms with Crippen molar-refractivity contribution in [2.75, 3.05) is 25.7 Å². The van der Waals surface area contributed by atoms with Crippen LogP contribution in [-0.2, 0) is 11.2 Å². The van der Waals surface area contributed by atoms with Gasteiger partial charge in [-0.25, -0.2) is 19.2 Å². The molecule has 0 bridgehead atoms. The SMILES string of the molecule is COC(=O)c1ccc2nc(-c3ccc(F)cc3)c(N3CCCc4ccc(OC)cc43)nc2c1. The third-order valence-electron chi connectivity index (χ3n) is 5.85. The first-order valence-electron chi connectivity index (χ1n) is 10.7. The first kappa shape index (κ1) is 20.9. The first-order valence-corrected chi connectivity index (χ1v) is 10.7. The fourth-order valence-corrected chi connectivity index (χ4v) is 4.18. The van der Waals surface area contributed by atoms with Gasteiger partial charge in [-0.2, -0.15) is 0 Å². The van der Waals surface area contributed by atoms with Crippen LogP contribution in [0.4, 0.5) is 15.9 Å². The van der Waals surface area contributed by atoms with E-state index >= 15 is 0 Å². The van der Waals surface area contributed by atoms with E-state index in [1.54, 1.807) is 37.4 Å². The van der Waals surface area contributed by atoms with E-state index in [0.29, 0.717) is 28.1 Å². The second kappa shape index (κ2) is 8.50. The topological polar surface area (TPSA) is 64.5 Å². The lowest BCUT2D eigenvalue weighted by Crippen LogP contribution is -2.26. The van der Waals surface area contributed by atoms with E-state index in [-0.39, 0.29) is 5.82 Å². The summed E-state index contributed by atoms with van der Waals surface area (Å²) in [6, 6.07) is 17.4. The Kier molecular flexibility index (Phi) is 5.38. The summed E-state index contributed by atoms with van der Waals surface area (Å²) in [6.45, 7) is 0.741. The van der Waals surface area contributed by atoms with Crippen molar-refractivity contribution in [3.8, 4) is 17.0 Å². The van der Waals surface area contributed by atoms with Gasteiger partial charge < -0.3 is 14.4 Å². The van der Waals surface area contributed by atoms with E-state index in [4.69, 9.17) is 19.4 Å². The Bertz CT molecular complexity index is 1360. The highest BCUT2D eigenvalue weighted by Crippen LogP contribution is 2.39. The minimum atomic E-state index is -0.434. The summed E-state index contributed by atoms with van der Waals surface area (Å²) >= 11 is 0. The number of anilines is 2. The van der Waals surface area contributed by atoms with E-state index in [1.165, 1.54) is 24.8 Å². The molecule has 0 fully saturated rings. The molecule has 0 N–H and O–H groups in total. The number of carbonyl (C=O) groups excluding carboxylic acids is 1. The molecule has 0 unspecified atom stereocenters. The molecule has 4 aromatic rings. The van der Waals surface area contributed by atoms with Crippen LogP contribution < -0.4 is 9.64 Å². The average molecular weight is 443 g/mol. The van der Waals surface area contributed by atoms with Crippen molar-refractivity contribution in [1.82, 2.24) is 9.97 Å². The van der Waals surface area contributed by atoms with Crippen molar-refractivity contribution in [3.63, 3.8) is 0 Å². The number of carbonyl (C=O) groups is 1. The maximum absolute atomic E-state index is 13.6. The lowest BCUT2D eigenvalue weighted by molar-refractivity contribution is 0.0601. The number of halogens is 1. The third kappa shape index (κ3) is 3.86. The lowest BCUT2D eigenvalue weighted by atomic mass is 10.0. The average Bonchev–Trinajstić information content (AvgIpc) is 2.87. The van der Waals surface area contributed by atoms with E-state index in [0.717, 1.165) is 36.4 Å². The van der Waals surface area contributed by atoms with E-state index < -0.39 is 5.97 Å². The highest BCUT2D eigenvalue weighted by molar-refractivity contribution is 5.95. The molecule has 0 amide bonds. The quantitative estimate of drug-likeness (QED) is 0.398. The molecular weight excluding hydrogens is 421 g/mol. The number of aromatic nitrogens is 2. The largest absolute Gasteiger partial charge is 0.497 e. The summed E-state index contributed by atoms with van der Waals surface area (Å²) in [5.74, 6) is 0.650. The summed E-state index contributed by atoms with van der Waals surface area (Å²) < 4.78 is 24.0. The maximum Gasteiger partial charge on any atom is 0.337 e. The number of hydrogen-bond acceptors (Lipinski definition) is 6. The summed E-state index contributed by atoms with van der Waals surface area (Å²) in [7, 11) is 2.99. The second-order valence-electron chi connectivity index (χ2n) is 7.85. The lowest BCUT2D eigenvalue weighted by Gasteiger charge is -2.32. The van der Waals surface area contributed by atoms with Crippen LogP contribution in [0, 0.1) is 5.82 Å². The van der Waals surface area contributed by atoms with Crippen LogP contribution >= 0.6 is 0 Å². The molecule has 5 rings (SSSR count). The van der Waals surface area contributed by atoms with E-state index in [1.807, 2.05) is 12.1 Å². The molecule has 0 radical (unpaired) electrons. The summed E-state index contributed by atoms with van der Waals surface area (Å²) in [5.41, 5.74) is 5.21. The van der Waals surface area contributed by atoms with Crippen LogP contribution in [0.1, 0.15) is 22.3 Å². The number of hydrogen-bond donors (Lipinski definition) is 0. The molecule has 6 nitrogen and oxygen atoms in total. The predicted octanol–water partition coefficient (Wildman–Crippen LogP) is 5.32. The zero-order chi connectivity index (χ0) is 22.9. The van der Waals surface area contributed by atoms with Crippen molar-refractivity contribution < 1.29 is 18.7 Å². The molecule has 1 aliphatic rings. The molecular formula is C26H22FN3O3. The van der Waals surface area contributed by atoms with Gasteiger partial charge in [0.25, 0.3) is 0 Å². The van der Waals surface area contributed by atoms with Crippen molar-refractivity contribution in [1.29, 1.82) is 0 Å². The van der Waals surface area contributed by atoms with Crippen molar-refractivity contribution >= 4 is 28.5 Å². The van der Waals surface area contributed by atoms with Gasteiger partial charge in [-0.3, -0.25) is 0 Å². The third-order valence-corrected chi connectivity index (χ3v) is 5.85. The number of fused-ring (bicyclic) bond motifs is 2. The second-order valence-corrected chi connectivity index (χ2v) is 7.85. The Hall–Kier alpha value is -4.00. The summed E-state index contributed by atoms with van der Waals surface area (Å²) in [4.78, 5) is 24.0. The smallest absolute Gasteiger partial charge is 0.337 e. The van der Waals surface area contributed by atoms with Crippen LogP contribution in [0.15, 0.2) is 60.7 Å². The number of ether oxygens (including phenoxy) is 2. The van der Waals surface area contributed by atoms with Gasteiger partial charge >= 0.3 is 5.97 Å². The molecule has 33 heavy (non-hydrogen) atoms. The minimum absolute atomic E-state index is 0.315. The van der Waals surface area contributed by atoms with Gasteiger partial charge in [-0.15, -0.1) is 0 Å². The van der Waals surface area contributed by atoms with Gasteiger partial charge in [-0.05, 0) is 66.9 Å². The summed E-state index contributed by atoms with van der Waals surface area (Å²) in [6.07, 6.45) is 1.90. The van der Waals surface area contributed by atoms with Gasteiger partial charge in [0.2, 0.25) is 0 Å². The number of methoxy groups -OCH3 is 2. The number of rotatable bonds is 4. The molecule has 0 atom stereocenters. The Morgan fingerprint density at radius 3 is 2.55 bits per heavy atom. The Labute approximate surface area is 190 Å². The van der Waals surface area contributed by atoms with Gasteiger partial charge in [0.15, 0.2) is 5.82 Å². The normalized spacial score (nSPS) is 13.0. The monoisotopic (exact) mass is 443 g/mol. The molecule has 1 aromatic heterocycles. The van der Waals surface area contributed by atoms with Crippen molar-refractivity contribution in [2.45, 2.75) is 12.8 Å². The number of nitrogens with zero attached hydrogens (tertiary/aromatic N) is 3. The highest BCUT2D eigenvalue weighted by Gasteiger charge is 2.25. The molecule has 166 valence electrons. The maximum atomic E-state index is 13.6. The molecule has 0 aliphatic carbocycles. The van der Waals surface area contributed by atoms with E-state index in [2.05, 4.69) is 11.0 Å². The van der Waals surface area contributed by atoms with Crippen molar-refractivity contribution in [3.05, 3.63) is 77.6 Å². The molecule has 0 saturated carbocycles. The fraction of sp³-hybridized carbons (Fsp3) is 0.192. The van der Waals surface area contributed by atoms with Gasteiger partial charge in [0, 0.05) is 23.9 Å². The molecule has 1 aliphatic heterocycles. The zero-order valence-electron chi connectivity index (χ0n) is 18.3. The van der Waals surface area contributed by atoms with Crippen LogP contribution in [0.25, 0.3) is 22.3 Å². The first-order chi connectivity index (χ1) is 16.1. The highest BCUT2D eigenvalue weighted by atomic mass is 19.1. The predicted molar refractivity (Wildman–Crippen MR) is 125 cm³/mol. The van der Waals surface area contributed by atoms with Crippen LogP contribution in [0.5, 0.6) is 5.75 Å². The van der Waals surface area contributed by atoms with Gasteiger partial charge in [-0.1, -0.05) is 6.07 Å². The summed E-state index contributed by atoms with van der Waals surface area (Å²) in [5, 5.41) is 0. The van der Waals surface area contributed by atoms with E-state index in [9.17, 15) is 9.18 Å².